The molecule has 2 aromatic carbocycles. The predicted octanol–water partition coefficient (Wildman–Crippen LogP) is 3.01. The van der Waals surface area contributed by atoms with Crippen molar-refractivity contribution in [3.8, 4) is 0 Å². The van der Waals surface area contributed by atoms with E-state index in [1.807, 2.05) is 0 Å². The second-order valence-corrected chi connectivity index (χ2v) is 5.02. The van der Waals surface area contributed by atoms with Gasteiger partial charge in [0.1, 0.15) is 6.54 Å². The van der Waals surface area contributed by atoms with Crippen LogP contribution in [0.1, 0.15) is 0 Å². The summed E-state index contributed by atoms with van der Waals surface area (Å²) in [5, 5.41) is 13.0. The van der Waals surface area contributed by atoms with E-state index < -0.39 is 23.6 Å². The fourth-order valence-electron chi connectivity index (χ4n) is 2.65. The summed E-state index contributed by atoms with van der Waals surface area (Å²) in [5.41, 5.74) is -0.872. The molecule has 3 rings (SSSR count). The van der Waals surface area contributed by atoms with E-state index in [4.69, 9.17) is 0 Å². The third-order valence-corrected chi connectivity index (χ3v) is 3.55. The number of nitrogens with zero attached hydrogens (tertiary/aromatic N) is 2. The quantitative estimate of drug-likeness (QED) is 0.553. The van der Waals surface area contributed by atoms with Crippen LogP contribution in [-0.2, 0) is 6.54 Å². The van der Waals surface area contributed by atoms with Crippen molar-refractivity contribution in [2.24, 2.45) is 5.16 Å². The molecule has 0 aliphatic heterocycles. The van der Waals surface area contributed by atoms with Crippen LogP contribution >= 0.6 is 0 Å². The zero-order chi connectivity index (χ0) is 16.6. The number of aromatic nitrogens is 1. The molecule has 1 heterocycles. The fourth-order valence-corrected chi connectivity index (χ4v) is 2.65. The molecule has 0 aliphatic carbocycles. The topological polar surface area (TPSA) is 54.6 Å². The molecule has 4 nitrogen and oxygen atoms in total. The van der Waals surface area contributed by atoms with E-state index in [1.54, 1.807) is 36.4 Å². The van der Waals surface area contributed by atoms with E-state index in [-0.39, 0.29) is 10.9 Å². The van der Waals surface area contributed by atoms with Gasteiger partial charge in [0.15, 0.2) is 5.36 Å². The van der Waals surface area contributed by atoms with Crippen LogP contribution in [0.15, 0.2) is 58.5 Å². The van der Waals surface area contributed by atoms with Crippen molar-refractivity contribution in [2.45, 2.75) is 12.7 Å². The van der Waals surface area contributed by atoms with Crippen LogP contribution in [0.3, 0.4) is 0 Å². The number of rotatable bonds is 1. The fraction of sp³-hybridized carbons (Fsp3) is 0.125. The summed E-state index contributed by atoms with van der Waals surface area (Å²) in [6.07, 6.45) is -4.58. The molecular weight excluding hydrogens is 309 g/mol. The molecule has 3 aromatic rings. The summed E-state index contributed by atoms with van der Waals surface area (Å²) < 4.78 is 39.3. The molecule has 1 N–H and O–H groups in total. The molecule has 7 heteroatoms. The Balaban J connectivity index is 2.67. The molecule has 0 amide bonds. The maximum atomic E-state index is 12.9. The Morgan fingerprint density at radius 3 is 2.13 bits per heavy atom. The van der Waals surface area contributed by atoms with Gasteiger partial charge in [-0.05, 0) is 11.5 Å². The molecule has 0 radical (unpaired) electrons. The van der Waals surface area contributed by atoms with Crippen LogP contribution < -0.4 is 10.9 Å². The second-order valence-electron chi connectivity index (χ2n) is 5.02. The smallest absolute Gasteiger partial charge is 0.406 e. The van der Waals surface area contributed by atoms with Crippen LogP contribution in [0.4, 0.5) is 13.2 Å². The number of hydrogen-bond donors (Lipinski definition) is 1. The lowest BCUT2D eigenvalue weighted by molar-refractivity contribution is -0.140. The molecule has 0 bridgehead atoms. The predicted molar refractivity (Wildman–Crippen MR) is 79.1 cm³/mol. The molecule has 1 aromatic heterocycles. The SMILES string of the molecule is O=c1/c(=N\O)c2ccccc2c2ccccc2n1CC(F)(F)F. The zero-order valence-corrected chi connectivity index (χ0v) is 11.7. The largest absolute Gasteiger partial charge is 0.410 e. The highest BCUT2D eigenvalue weighted by Crippen LogP contribution is 2.23. The number of alkyl halides is 3. The molecule has 118 valence electrons. The Bertz CT molecular complexity index is 1020. The summed E-state index contributed by atoms with van der Waals surface area (Å²) in [4.78, 5) is 12.5. The Kier molecular flexibility index (Phi) is 3.55. The van der Waals surface area contributed by atoms with Gasteiger partial charge >= 0.3 is 6.18 Å². The van der Waals surface area contributed by atoms with Gasteiger partial charge < -0.3 is 5.21 Å². The molecule has 0 saturated carbocycles. The first-order valence-electron chi connectivity index (χ1n) is 6.72. The number of halogens is 3. The number of hydrogen-bond acceptors (Lipinski definition) is 3. The molecule has 0 spiro atoms. The van der Waals surface area contributed by atoms with Crippen LogP contribution in [-0.4, -0.2) is 16.0 Å². The van der Waals surface area contributed by atoms with Crippen molar-refractivity contribution in [1.29, 1.82) is 0 Å². The summed E-state index contributed by atoms with van der Waals surface area (Å²) in [7, 11) is 0. The van der Waals surface area contributed by atoms with Gasteiger partial charge in [-0.1, -0.05) is 47.6 Å². The van der Waals surface area contributed by atoms with Crippen LogP contribution in [0, 0.1) is 0 Å². The highest BCUT2D eigenvalue weighted by Gasteiger charge is 2.29. The minimum atomic E-state index is -4.58. The van der Waals surface area contributed by atoms with E-state index >= 15 is 0 Å². The third kappa shape index (κ3) is 2.65. The first-order valence-corrected chi connectivity index (χ1v) is 6.72. The van der Waals surface area contributed by atoms with Gasteiger partial charge in [-0.2, -0.15) is 13.2 Å². The lowest BCUT2D eigenvalue weighted by Crippen LogP contribution is -2.36. The molecule has 0 aliphatic rings. The lowest BCUT2D eigenvalue weighted by atomic mass is 10.1. The van der Waals surface area contributed by atoms with Gasteiger partial charge in [-0.25, -0.2) is 0 Å². The molecule has 0 fully saturated rings. The molecule has 0 saturated heterocycles. The summed E-state index contributed by atoms with van der Waals surface area (Å²) in [5.74, 6) is 0. The zero-order valence-electron chi connectivity index (χ0n) is 11.7. The van der Waals surface area contributed by atoms with Crippen LogP contribution in [0.2, 0.25) is 0 Å². The van der Waals surface area contributed by atoms with E-state index in [0.717, 1.165) is 0 Å². The van der Waals surface area contributed by atoms with Crippen LogP contribution in [0.5, 0.6) is 0 Å². The van der Waals surface area contributed by atoms with Crippen molar-refractivity contribution in [2.75, 3.05) is 0 Å². The summed E-state index contributed by atoms with van der Waals surface area (Å²) in [6, 6.07) is 12.8. The Morgan fingerprint density at radius 1 is 0.957 bits per heavy atom. The molecular formula is C16H11F3N2O2. The van der Waals surface area contributed by atoms with Crippen molar-refractivity contribution < 1.29 is 18.4 Å². The summed E-state index contributed by atoms with van der Waals surface area (Å²) >= 11 is 0. The maximum absolute atomic E-state index is 12.9. The number of fused-ring (bicyclic) bond motifs is 3. The Hall–Kier alpha value is -2.83. The highest BCUT2D eigenvalue weighted by molar-refractivity contribution is 6.04. The van der Waals surface area contributed by atoms with Crippen molar-refractivity contribution in [3.05, 3.63) is 64.2 Å². The van der Waals surface area contributed by atoms with Gasteiger partial charge in [-0.15, -0.1) is 0 Å². The van der Waals surface area contributed by atoms with Gasteiger partial charge in [0.25, 0.3) is 5.56 Å². The first kappa shape index (κ1) is 15.1. The van der Waals surface area contributed by atoms with Gasteiger partial charge in [0.05, 0.1) is 5.52 Å². The van der Waals surface area contributed by atoms with E-state index in [0.29, 0.717) is 15.3 Å². The summed E-state index contributed by atoms with van der Waals surface area (Å²) in [6.45, 7) is -1.46. The second kappa shape index (κ2) is 5.42. The molecule has 0 atom stereocenters. The van der Waals surface area contributed by atoms with Crippen molar-refractivity contribution in [1.82, 2.24) is 4.57 Å². The minimum Gasteiger partial charge on any atom is -0.410 e. The van der Waals surface area contributed by atoms with Crippen LogP contribution in [0.25, 0.3) is 21.7 Å². The average Bonchev–Trinajstić information content (AvgIpc) is 2.61. The van der Waals surface area contributed by atoms with Gasteiger partial charge in [-0.3, -0.25) is 9.36 Å². The van der Waals surface area contributed by atoms with E-state index in [9.17, 15) is 23.2 Å². The number of benzene rings is 2. The normalized spacial score (nSPS) is 12.9. The first-order chi connectivity index (χ1) is 10.9. The average molecular weight is 320 g/mol. The Morgan fingerprint density at radius 2 is 1.52 bits per heavy atom. The minimum absolute atomic E-state index is 0.126. The highest BCUT2D eigenvalue weighted by atomic mass is 19.4. The third-order valence-electron chi connectivity index (χ3n) is 3.55. The Labute approximate surface area is 127 Å². The standard InChI is InChI=1S/C16H11F3N2O2/c17-16(18,19)9-21-13-8-4-3-6-11(13)10-5-1-2-7-12(10)14(20-23)15(21)22/h1-8,23H,9H2/b20-14-. The van der Waals surface area contributed by atoms with Gasteiger partial charge in [0, 0.05) is 10.8 Å². The van der Waals surface area contributed by atoms with Crippen molar-refractivity contribution in [3.63, 3.8) is 0 Å². The molecule has 0 unspecified atom stereocenters. The lowest BCUT2D eigenvalue weighted by Gasteiger charge is -2.10. The maximum Gasteiger partial charge on any atom is 0.406 e. The van der Waals surface area contributed by atoms with Crippen molar-refractivity contribution >= 4 is 21.7 Å². The molecule has 23 heavy (non-hydrogen) atoms. The van der Waals surface area contributed by atoms with E-state index in [1.165, 1.54) is 12.1 Å². The number of para-hydroxylation sites is 1. The monoisotopic (exact) mass is 320 g/mol. The van der Waals surface area contributed by atoms with E-state index in [2.05, 4.69) is 5.16 Å². The van der Waals surface area contributed by atoms with Gasteiger partial charge in [0.2, 0.25) is 0 Å².